The van der Waals surface area contributed by atoms with Crippen molar-refractivity contribution in [1.29, 1.82) is 0 Å². The average Bonchev–Trinajstić information content (AvgIpc) is 3.17. The number of piperidine rings is 1. The highest BCUT2D eigenvalue weighted by molar-refractivity contribution is 6.01. The van der Waals surface area contributed by atoms with Gasteiger partial charge in [-0.2, -0.15) is 0 Å². The van der Waals surface area contributed by atoms with E-state index in [2.05, 4.69) is 22.3 Å². The fourth-order valence-electron chi connectivity index (χ4n) is 5.44. The van der Waals surface area contributed by atoms with Gasteiger partial charge in [-0.25, -0.2) is 0 Å². The first-order valence-corrected chi connectivity index (χ1v) is 11.7. The van der Waals surface area contributed by atoms with Crippen LogP contribution < -0.4 is 10.2 Å². The summed E-state index contributed by atoms with van der Waals surface area (Å²) >= 11 is 0. The molecule has 33 heavy (non-hydrogen) atoms. The van der Waals surface area contributed by atoms with E-state index in [-0.39, 0.29) is 23.3 Å². The second-order valence-electron chi connectivity index (χ2n) is 9.09. The van der Waals surface area contributed by atoms with Gasteiger partial charge in [-0.05, 0) is 42.7 Å². The molecule has 2 aliphatic heterocycles. The van der Waals surface area contributed by atoms with Crippen molar-refractivity contribution in [2.24, 2.45) is 0 Å². The maximum absolute atomic E-state index is 13.7. The summed E-state index contributed by atoms with van der Waals surface area (Å²) in [5.41, 5.74) is 2.61. The second-order valence-corrected chi connectivity index (χ2v) is 9.09. The average molecular weight is 440 g/mol. The summed E-state index contributed by atoms with van der Waals surface area (Å²) in [5, 5.41) is 3.33. The van der Waals surface area contributed by atoms with Crippen LogP contribution in [0.2, 0.25) is 0 Å². The van der Waals surface area contributed by atoms with Gasteiger partial charge in [0.2, 0.25) is 11.8 Å². The lowest BCUT2D eigenvalue weighted by atomic mass is 9.76. The first kappa shape index (κ1) is 21.4. The molecule has 1 spiro atoms. The molecule has 0 aliphatic carbocycles. The van der Waals surface area contributed by atoms with Gasteiger partial charge >= 0.3 is 0 Å². The summed E-state index contributed by atoms with van der Waals surface area (Å²) < 4.78 is 0. The molecule has 2 amide bonds. The third-order valence-corrected chi connectivity index (χ3v) is 6.87. The van der Waals surface area contributed by atoms with Gasteiger partial charge in [0, 0.05) is 36.8 Å². The maximum Gasteiger partial charge on any atom is 0.245 e. The molecule has 0 saturated carbocycles. The number of benzene rings is 3. The first-order valence-electron chi connectivity index (χ1n) is 11.7. The highest BCUT2D eigenvalue weighted by Gasteiger charge is 2.49. The van der Waals surface area contributed by atoms with Crippen molar-refractivity contribution >= 4 is 23.2 Å². The molecule has 0 aromatic heterocycles. The van der Waals surface area contributed by atoms with Crippen molar-refractivity contribution in [2.45, 2.75) is 30.7 Å². The Hall–Kier alpha value is -3.44. The third-order valence-electron chi connectivity index (χ3n) is 6.87. The predicted molar refractivity (Wildman–Crippen MR) is 130 cm³/mol. The lowest BCUT2D eigenvalue weighted by Crippen LogP contribution is -2.56. The number of carbonyl (C=O) groups is 2. The Morgan fingerprint density at radius 3 is 2.06 bits per heavy atom. The molecule has 0 unspecified atom stereocenters. The Morgan fingerprint density at radius 2 is 1.48 bits per heavy atom. The van der Waals surface area contributed by atoms with Gasteiger partial charge in [0.15, 0.2) is 0 Å². The number of hydrogen-bond acceptors (Lipinski definition) is 3. The normalized spacial score (nSPS) is 22.8. The van der Waals surface area contributed by atoms with Crippen LogP contribution in [0.15, 0.2) is 91.0 Å². The smallest absolute Gasteiger partial charge is 0.245 e. The minimum atomic E-state index is -0.318. The first-order chi connectivity index (χ1) is 16.1. The van der Waals surface area contributed by atoms with E-state index in [1.54, 1.807) is 4.90 Å². The molecule has 2 aliphatic rings. The van der Waals surface area contributed by atoms with Crippen LogP contribution in [-0.2, 0) is 9.59 Å². The SMILES string of the molecule is O=C1CCC[C@]2(CN(CC(=O)N(c3ccccc3)c3ccccc3)C[C@H]2c2ccccc2)N1. The van der Waals surface area contributed by atoms with Crippen molar-refractivity contribution in [1.82, 2.24) is 10.2 Å². The molecule has 0 bridgehead atoms. The Morgan fingerprint density at radius 1 is 0.909 bits per heavy atom. The minimum absolute atomic E-state index is 0.0263. The largest absolute Gasteiger partial charge is 0.349 e. The summed E-state index contributed by atoms with van der Waals surface area (Å²) in [7, 11) is 0. The molecule has 5 heteroatoms. The molecular weight excluding hydrogens is 410 g/mol. The van der Waals surface area contributed by atoms with Crippen LogP contribution in [0.5, 0.6) is 0 Å². The number of carbonyl (C=O) groups excluding carboxylic acids is 2. The number of anilines is 2. The number of hydrogen-bond donors (Lipinski definition) is 1. The summed E-state index contributed by atoms with van der Waals surface area (Å²) in [5.74, 6) is 0.307. The molecule has 2 heterocycles. The van der Waals surface area contributed by atoms with Gasteiger partial charge < -0.3 is 5.32 Å². The molecule has 3 aromatic carbocycles. The Balaban J connectivity index is 1.42. The summed E-state index contributed by atoms with van der Waals surface area (Å²) in [4.78, 5) is 30.1. The molecule has 2 atom stereocenters. The van der Waals surface area contributed by atoms with E-state index in [1.165, 1.54) is 5.56 Å². The topological polar surface area (TPSA) is 52.7 Å². The van der Waals surface area contributed by atoms with Gasteiger partial charge in [-0.1, -0.05) is 66.7 Å². The molecule has 5 rings (SSSR count). The fraction of sp³-hybridized carbons (Fsp3) is 0.286. The molecule has 2 fully saturated rings. The van der Waals surface area contributed by atoms with E-state index in [0.29, 0.717) is 19.5 Å². The highest BCUT2D eigenvalue weighted by Crippen LogP contribution is 2.41. The zero-order valence-electron chi connectivity index (χ0n) is 18.7. The number of nitrogens with zero attached hydrogens (tertiary/aromatic N) is 2. The molecule has 0 radical (unpaired) electrons. The van der Waals surface area contributed by atoms with Crippen molar-refractivity contribution in [3.05, 3.63) is 96.6 Å². The summed E-state index contributed by atoms with van der Waals surface area (Å²) in [6.45, 7) is 1.72. The number of para-hydroxylation sites is 2. The standard InChI is InChI=1S/C28H29N3O2/c32-26-17-10-18-28(29-26)21-30(19-25(28)22-11-4-1-5-12-22)20-27(33)31(23-13-6-2-7-14-23)24-15-8-3-9-16-24/h1-9,11-16,25H,10,17-21H2,(H,29,32)/t25-,28+/m0/s1. The molecule has 5 nitrogen and oxygen atoms in total. The van der Waals surface area contributed by atoms with Crippen LogP contribution in [0.25, 0.3) is 0 Å². The Bertz CT molecular complexity index is 1060. The molecule has 3 aromatic rings. The van der Waals surface area contributed by atoms with Crippen LogP contribution in [0.1, 0.15) is 30.7 Å². The van der Waals surface area contributed by atoms with E-state index >= 15 is 0 Å². The Labute approximate surface area is 195 Å². The van der Waals surface area contributed by atoms with Gasteiger partial charge in [0.25, 0.3) is 0 Å². The molecule has 168 valence electrons. The Kier molecular flexibility index (Phi) is 5.97. The van der Waals surface area contributed by atoms with E-state index in [4.69, 9.17) is 0 Å². The van der Waals surface area contributed by atoms with Crippen molar-refractivity contribution in [3.8, 4) is 0 Å². The second kappa shape index (κ2) is 9.20. The quantitative estimate of drug-likeness (QED) is 0.637. The van der Waals surface area contributed by atoms with E-state index in [9.17, 15) is 9.59 Å². The number of rotatable bonds is 5. The van der Waals surface area contributed by atoms with Crippen LogP contribution in [0.3, 0.4) is 0 Å². The van der Waals surface area contributed by atoms with Gasteiger partial charge in [-0.15, -0.1) is 0 Å². The minimum Gasteiger partial charge on any atom is -0.349 e. The number of likely N-dealkylation sites (tertiary alicyclic amines) is 1. The zero-order valence-corrected chi connectivity index (χ0v) is 18.7. The van der Waals surface area contributed by atoms with Crippen molar-refractivity contribution in [2.75, 3.05) is 24.5 Å². The summed E-state index contributed by atoms with van der Waals surface area (Å²) in [6.07, 6.45) is 2.40. The number of amides is 2. The van der Waals surface area contributed by atoms with E-state index in [1.807, 2.05) is 78.9 Å². The maximum atomic E-state index is 13.7. The lowest BCUT2D eigenvalue weighted by molar-refractivity contribution is -0.125. The van der Waals surface area contributed by atoms with E-state index < -0.39 is 0 Å². The van der Waals surface area contributed by atoms with Gasteiger partial charge in [-0.3, -0.25) is 19.4 Å². The van der Waals surface area contributed by atoms with E-state index in [0.717, 1.165) is 30.8 Å². The summed E-state index contributed by atoms with van der Waals surface area (Å²) in [6, 6.07) is 30.0. The molecule has 2 saturated heterocycles. The number of nitrogens with one attached hydrogen (secondary N) is 1. The highest BCUT2D eigenvalue weighted by atomic mass is 16.2. The van der Waals surface area contributed by atoms with Crippen LogP contribution in [0.4, 0.5) is 11.4 Å². The van der Waals surface area contributed by atoms with Gasteiger partial charge in [0.1, 0.15) is 0 Å². The van der Waals surface area contributed by atoms with Crippen LogP contribution in [-0.4, -0.2) is 41.9 Å². The van der Waals surface area contributed by atoms with Gasteiger partial charge in [0.05, 0.1) is 12.1 Å². The van der Waals surface area contributed by atoms with Crippen LogP contribution >= 0.6 is 0 Å². The predicted octanol–water partition coefficient (Wildman–Crippen LogP) is 4.49. The fourth-order valence-corrected chi connectivity index (χ4v) is 5.44. The lowest BCUT2D eigenvalue weighted by Gasteiger charge is -2.39. The molecule has 1 N–H and O–H groups in total. The monoisotopic (exact) mass is 439 g/mol. The molecular formula is C28H29N3O2. The van der Waals surface area contributed by atoms with Crippen LogP contribution in [0, 0.1) is 0 Å². The third kappa shape index (κ3) is 4.41. The van der Waals surface area contributed by atoms with Crippen molar-refractivity contribution < 1.29 is 9.59 Å². The van der Waals surface area contributed by atoms with Crippen molar-refractivity contribution in [3.63, 3.8) is 0 Å². The zero-order chi connectivity index (χ0) is 22.7.